The molecule has 1 aromatic rings. The van der Waals surface area contributed by atoms with Crippen molar-refractivity contribution in [1.29, 1.82) is 0 Å². The van der Waals surface area contributed by atoms with E-state index >= 15 is 0 Å². The van der Waals surface area contributed by atoms with Crippen molar-refractivity contribution in [2.75, 3.05) is 0 Å². The van der Waals surface area contributed by atoms with E-state index in [0.29, 0.717) is 39.0 Å². The van der Waals surface area contributed by atoms with E-state index in [1.807, 2.05) is 13.8 Å². The molecule has 0 atom stereocenters. The zero-order valence-electron chi connectivity index (χ0n) is 17.5. The summed E-state index contributed by atoms with van der Waals surface area (Å²) in [5, 5.41) is 0. The molecule has 1 radical (unpaired) electrons. The molecule has 2 aliphatic rings. The average Bonchev–Trinajstić information content (AvgIpc) is 2.69. The fourth-order valence-corrected chi connectivity index (χ4v) is 2.57. The number of benzene rings is 1. The van der Waals surface area contributed by atoms with Crippen molar-refractivity contribution in [2.45, 2.75) is 48.5 Å². The maximum absolute atomic E-state index is 11.8. The molecule has 2 aliphatic carbocycles. The van der Waals surface area contributed by atoms with E-state index in [0.717, 1.165) is 0 Å². The van der Waals surface area contributed by atoms with Crippen LogP contribution in [0.15, 0.2) is 52.1 Å². The Bertz CT molecular complexity index is 871. The Hall–Kier alpha value is -1.78. The first-order chi connectivity index (χ1) is 12.7. The minimum Gasteiger partial charge on any atom is -0.366 e. The molecule has 145 valence electrons. The molecule has 0 fully saturated rings. The first-order valence-electron chi connectivity index (χ1n) is 8.89. The molecule has 3 rings (SSSR count). The van der Waals surface area contributed by atoms with E-state index in [1.165, 1.54) is 0 Å². The molecule has 0 heterocycles. The van der Waals surface area contributed by atoms with Crippen molar-refractivity contribution in [2.24, 2.45) is 0 Å². The van der Waals surface area contributed by atoms with Crippen LogP contribution in [-0.2, 0) is 42.3 Å². The predicted molar refractivity (Wildman–Crippen MR) is 106 cm³/mol. The number of hydrogen-bond acceptors (Lipinski definition) is 4. The Morgan fingerprint density at radius 3 is 1.36 bits per heavy atom. The molecule has 0 aliphatic heterocycles. The Labute approximate surface area is 192 Å². The predicted octanol–water partition coefficient (Wildman–Crippen LogP) is 4.65. The standard InChI is InChI=1S/C12H10O2.C9H9O2.C2H6.Y/c1-7-8(2)12(14)10-6-4-3-5-9(10)11(7)13;1-5-4-8(10)6(2)7(3)9(5)11;1-2;/h3-6H,1-2H3;1-3H3;1-2H3;/q;-1;;. The number of Topliss-reactive ketones (excluding diaryl/α,β-unsaturated/α-hetero) is 4. The molecular weight excluding hydrogens is 429 g/mol. The van der Waals surface area contributed by atoms with E-state index in [1.54, 1.807) is 58.9 Å². The van der Waals surface area contributed by atoms with Crippen molar-refractivity contribution in [3.8, 4) is 0 Å². The van der Waals surface area contributed by atoms with E-state index in [4.69, 9.17) is 0 Å². The van der Waals surface area contributed by atoms with Gasteiger partial charge in [0.15, 0.2) is 11.6 Å². The van der Waals surface area contributed by atoms with Crippen LogP contribution in [0, 0.1) is 6.08 Å². The van der Waals surface area contributed by atoms with Crippen molar-refractivity contribution >= 4 is 23.1 Å². The van der Waals surface area contributed by atoms with E-state index in [-0.39, 0.29) is 55.8 Å². The molecule has 1 aromatic carbocycles. The zero-order chi connectivity index (χ0) is 20.9. The van der Waals surface area contributed by atoms with Crippen LogP contribution in [0.4, 0.5) is 0 Å². The molecule has 0 saturated heterocycles. The second-order valence-electron chi connectivity index (χ2n) is 6.11. The SMILES string of the molecule is CC.CC1=C(C)C(=O)c2ccccc2C1=O.CC1=[C-]C(=O)C(C)=C(C)C1=O.[Y]. The molecule has 0 spiro atoms. The third kappa shape index (κ3) is 5.39. The summed E-state index contributed by atoms with van der Waals surface area (Å²) in [6, 6.07) is 6.95. The van der Waals surface area contributed by atoms with Gasteiger partial charge in [0.25, 0.3) is 0 Å². The van der Waals surface area contributed by atoms with Crippen LogP contribution in [0.25, 0.3) is 0 Å². The smallest absolute Gasteiger partial charge is 0.189 e. The molecule has 4 nitrogen and oxygen atoms in total. The number of carbonyl (C=O) groups excluding carboxylic acids is 4. The molecule has 0 N–H and O–H groups in total. The largest absolute Gasteiger partial charge is 0.366 e. The molecule has 0 bridgehead atoms. The van der Waals surface area contributed by atoms with Gasteiger partial charge in [0.05, 0.1) is 11.6 Å². The summed E-state index contributed by atoms with van der Waals surface area (Å²) in [6.07, 6.45) is 2.48. The van der Waals surface area contributed by atoms with Gasteiger partial charge in [-0.25, -0.2) is 0 Å². The van der Waals surface area contributed by atoms with Gasteiger partial charge in [0.2, 0.25) is 0 Å². The van der Waals surface area contributed by atoms with Crippen LogP contribution in [0.5, 0.6) is 0 Å². The fourth-order valence-electron chi connectivity index (χ4n) is 2.57. The molecule has 0 aromatic heterocycles. The minimum absolute atomic E-state index is 0. The van der Waals surface area contributed by atoms with Crippen LogP contribution >= 0.6 is 0 Å². The van der Waals surface area contributed by atoms with E-state index in [2.05, 4.69) is 6.08 Å². The van der Waals surface area contributed by atoms with Crippen molar-refractivity contribution < 1.29 is 51.9 Å². The maximum Gasteiger partial charge on any atom is 0.189 e. The number of ketones is 4. The Morgan fingerprint density at radius 1 is 0.607 bits per heavy atom. The molecule has 0 saturated carbocycles. The second-order valence-corrected chi connectivity index (χ2v) is 6.11. The zero-order valence-corrected chi connectivity index (χ0v) is 20.4. The Balaban J connectivity index is 0.000000474. The van der Waals surface area contributed by atoms with Gasteiger partial charge in [-0.3, -0.25) is 9.59 Å². The Morgan fingerprint density at radius 2 is 0.964 bits per heavy atom. The third-order valence-electron chi connectivity index (χ3n) is 4.55. The van der Waals surface area contributed by atoms with Crippen molar-refractivity contribution in [1.82, 2.24) is 0 Å². The second kappa shape index (κ2) is 11.3. The topological polar surface area (TPSA) is 68.3 Å². The van der Waals surface area contributed by atoms with Crippen LogP contribution in [0.3, 0.4) is 0 Å². The minimum atomic E-state index is -0.167. The quantitative estimate of drug-likeness (QED) is 0.423. The van der Waals surface area contributed by atoms with Gasteiger partial charge in [0, 0.05) is 55.0 Å². The maximum atomic E-state index is 11.8. The van der Waals surface area contributed by atoms with E-state index in [9.17, 15) is 19.2 Å². The van der Waals surface area contributed by atoms with Crippen LogP contribution in [0.2, 0.25) is 0 Å². The summed E-state index contributed by atoms with van der Waals surface area (Å²) in [6.45, 7) is 12.3. The average molecular weight is 454 g/mol. The summed E-state index contributed by atoms with van der Waals surface area (Å²) < 4.78 is 0. The molecule has 0 amide bonds. The molecule has 5 heteroatoms. The first-order valence-corrected chi connectivity index (χ1v) is 8.89. The normalized spacial score (nSPS) is 15.6. The summed E-state index contributed by atoms with van der Waals surface area (Å²) in [5.41, 5.74) is 3.66. The first kappa shape index (κ1) is 26.2. The third-order valence-corrected chi connectivity index (χ3v) is 4.55. The molecule has 28 heavy (non-hydrogen) atoms. The number of carbonyl (C=O) groups is 4. The van der Waals surface area contributed by atoms with Gasteiger partial charge in [0.1, 0.15) is 0 Å². The number of hydrogen-bond donors (Lipinski definition) is 0. The number of fused-ring (bicyclic) bond motifs is 1. The summed E-state index contributed by atoms with van der Waals surface area (Å²) in [4.78, 5) is 45.7. The monoisotopic (exact) mass is 454 g/mol. The Kier molecular flexibility index (Phi) is 10.6. The van der Waals surface area contributed by atoms with Crippen molar-refractivity contribution in [3.63, 3.8) is 0 Å². The van der Waals surface area contributed by atoms with Gasteiger partial charge in [-0.1, -0.05) is 58.9 Å². The fraction of sp³-hybridized carbons (Fsp3) is 0.304. The summed E-state index contributed by atoms with van der Waals surface area (Å²) in [7, 11) is 0. The molecule has 0 unspecified atom stereocenters. The number of allylic oxidation sites excluding steroid dienone is 6. The van der Waals surface area contributed by atoms with Gasteiger partial charge < -0.3 is 9.59 Å². The van der Waals surface area contributed by atoms with Gasteiger partial charge >= 0.3 is 0 Å². The van der Waals surface area contributed by atoms with Crippen LogP contribution in [-0.4, -0.2) is 23.1 Å². The van der Waals surface area contributed by atoms with Gasteiger partial charge in [-0.15, -0.1) is 22.8 Å². The van der Waals surface area contributed by atoms with Gasteiger partial charge in [-0.05, 0) is 13.8 Å². The summed E-state index contributed by atoms with van der Waals surface area (Å²) in [5.74, 6) is -0.294. The summed E-state index contributed by atoms with van der Waals surface area (Å²) >= 11 is 0. The number of rotatable bonds is 0. The van der Waals surface area contributed by atoms with Crippen molar-refractivity contribution in [3.05, 3.63) is 69.3 Å². The van der Waals surface area contributed by atoms with Gasteiger partial charge in [-0.2, -0.15) is 0 Å². The molecular formula is C23H25O4Y-. The van der Waals surface area contributed by atoms with E-state index < -0.39 is 0 Å². The van der Waals surface area contributed by atoms with Crippen LogP contribution < -0.4 is 0 Å². The van der Waals surface area contributed by atoms with Crippen LogP contribution in [0.1, 0.15) is 69.2 Å².